The first-order valence-corrected chi connectivity index (χ1v) is 19.6. The highest BCUT2D eigenvalue weighted by Gasteiger charge is 2.21. The predicted molar refractivity (Wildman–Crippen MR) is 237 cm³/mol. The van der Waals surface area contributed by atoms with Crippen LogP contribution < -0.4 is 4.90 Å². The summed E-state index contributed by atoms with van der Waals surface area (Å²) in [6.07, 6.45) is 10.8. The normalized spacial score (nSPS) is 13.8. The fourth-order valence-corrected chi connectivity index (χ4v) is 9.04. The van der Waals surface area contributed by atoms with Crippen LogP contribution in [0.2, 0.25) is 0 Å². The fraction of sp³-hybridized carbons (Fsp3) is 0.0377. The molecule has 0 bridgehead atoms. The third kappa shape index (κ3) is 5.26. The molecule has 0 aliphatic heterocycles. The van der Waals surface area contributed by atoms with Crippen LogP contribution in [0.4, 0.5) is 17.1 Å². The van der Waals surface area contributed by atoms with Crippen LogP contribution in [0.1, 0.15) is 18.4 Å². The summed E-state index contributed by atoms with van der Waals surface area (Å²) in [6, 6.07) is 59.3. The second kappa shape index (κ2) is 12.6. The number of benzene rings is 7. The molecule has 0 saturated carbocycles. The van der Waals surface area contributed by atoms with Gasteiger partial charge in [0.2, 0.25) is 0 Å². The average molecular weight is 730 g/mol. The van der Waals surface area contributed by atoms with Crippen molar-refractivity contribution in [1.29, 1.82) is 0 Å². The Kier molecular flexibility index (Phi) is 7.02. The van der Waals surface area contributed by atoms with Crippen molar-refractivity contribution in [2.24, 2.45) is 0 Å². The second-order valence-electron chi connectivity index (χ2n) is 15.2. The molecule has 0 saturated heterocycles. The van der Waals surface area contributed by atoms with Crippen LogP contribution in [0.5, 0.6) is 0 Å². The maximum atomic E-state index is 6.21. The zero-order valence-electron chi connectivity index (χ0n) is 31.1. The van der Waals surface area contributed by atoms with Crippen LogP contribution in [0, 0.1) is 0 Å². The smallest absolute Gasteiger partial charge is 0.153 e. The molecule has 2 aliphatic carbocycles. The van der Waals surface area contributed by atoms with Crippen molar-refractivity contribution in [2.75, 3.05) is 4.90 Å². The van der Waals surface area contributed by atoms with E-state index < -0.39 is 0 Å². The lowest BCUT2D eigenvalue weighted by Gasteiger charge is -2.26. The van der Waals surface area contributed by atoms with Gasteiger partial charge in [0.05, 0.1) is 11.0 Å². The molecule has 0 amide bonds. The molecule has 0 atom stereocenters. The van der Waals surface area contributed by atoms with Crippen LogP contribution in [0.25, 0.3) is 77.0 Å². The Labute approximate surface area is 329 Å². The first kappa shape index (κ1) is 31.9. The molecule has 4 heteroatoms. The topological polar surface area (TPSA) is 34.2 Å². The Morgan fingerprint density at radius 1 is 0.544 bits per heavy atom. The maximum Gasteiger partial charge on any atom is 0.153 e. The van der Waals surface area contributed by atoms with Gasteiger partial charge >= 0.3 is 0 Å². The van der Waals surface area contributed by atoms with Gasteiger partial charge in [0.25, 0.3) is 0 Å². The zero-order chi connectivity index (χ0) is 37.5. The number of nitrogens with zero attached hydrogens (tertiary/aromatic N) is 3. The lowest BCUT2D eigenvalue weighted by atomic mass is 9.98. The number of anilines is 3. The molecule has 57 heavy (non-hydrogen) atoms. The lowest BCUT2D eigenvalue weighted by molar-refractivity contribution is 0.631. The number of furan rings is 1. The number of hydrogen-bond acceptors (Lipinski definition) is 3. The van der Waals surface area contributed by atoms with Gasteiger partial charge in [-0.3, -0.25) is 4.98 Å². The van der Waals surface area contributed by atoms with E-state index in [2.05, 4.69) is 178 Å². The van der Waals surface area contributed by atoms with Gasteiger partial charge in [-0.2, -0.15) is 0 Å². The number of allylic oxidation sites excluding steroid dienone is 6. The monoisotopic (exact) mass is 729 g/mol. The molecular weight excluding hydrogens is 695 g/mol. The third-order valence-corrected chi connectivity index (χ3v) is 11.8. The molecule has 0 spiro atoms. The molecule has 4 nitrogen and oxygen atoms in total. The molecule has 0 fully saturated rings. The van der Waals surface area contributed by atoms with Gasteiger partial charge in [0.15, 0.2) is 5.58 Å². The molecule has 268 valence electrons. The molecular formula is C53H35N3O. The lowest BCUT2D eigenvalue weighted by Crippen LogP contribution is -2.10. The van der Waals surface area contributed by atoms with Gasteiger partial charge in [0, 0.05) is 51.3 Å². The zero-order valence-corrected chi connectivity index (χ0v) is 31.1. The Balaban J connectivity index is 1.02. The summed E-state index contributed by atoms with van der Waals surface area (Å²) < 4.78 is 8.61. The van der Waals surface area contributed by atoms with E-state index in [1.54, 1.807) is 6.20 Å². The van der Waals surface area contributed by atoms with Crippen LogP contribution >= 0.6 is 0 Å². The van der Waals surface area contributed by atoms with Crippen molar-refractivity contribution >= 4 is 77.1 Å². The molecule has 0 unspecified atom stereocenters. The highest BCUT2D eigenvalue weighted by Crippen LogP contribution is 2.43. The van der Waals surface area contributed by atoms with Gasteiger partial charge in [-0.15, -0.1) is 0 Å². The van der Waals surface area contributed by atoms with Crippen LogP contribution in [-0.2, 0) is 0 Å². The number of fused-ring (bicyclic) bond motifs is 6. The van der Waals surface area contributed by atoms with Gasteiger partial charge in [0.1, 0.15) is 11.3 Å². The van der Waals surface area contributed by atoms with Crippen LogP contribution in [-0.4, -0.2) is 9.55 Å². The van der Waals surface area contributed by atoms with E-state index in [4.69, 9.17) is 4.42 Å². The number of para-hydroxylation sites is 1. The van der Waals surface area contributed by atoms with E-state index in [1.807, 2.05) is 18.2 Å². The highest BCUT2D eigenvalue weighted by atomic mass is 16.3. The molecule has 0 N–H and O–H groups in total. The SMILES string of the molecule is C1=CC2=C(C=C(c3ccc4cc(N(c5ccc(-c6cc7ncccc7o6)cc5)c5ccc6c(c5)c5cc7ccccc7cc5n6-c5ccccc5)ccc4c3)C2)C1. The number of aromatic nitrogens is 2. The van der Waals surface area contributed by atoms with Gasteiger partial charge in [-0.1, -0.05) is 78.9 Å². The Morgan fingerprint density at radius 3 is 2.12 bits per heavy atom. The number of rotatable bonds is 6. The van der Waals surface area contributed by atoms with E-state index >= 15 is 0 Å². The minimum Gasteiger partial charge on any atom is -0.454 e. The maximum absolute atomic E-state index is 6.21. The summed E-state index contributed by atoms with van der Waals surface area (Å²) in [6.45, 7) is 0. The van der Waals surface area contributed by atoms with Crippen molar-refractivity contribution < 1.29 is 4.42 Å². The fourth-order valence-electron chi connectivity index (χ4n) is 9.04. The van der Waals surface area contributed by atoms with Gasteiger partial charge in [-0.25, -0.2) is 0 Å². The minimum atomic E-state index is 0.787. The summed E-state index contributed by atoms with van der Waals surface area (Å²) in [4.78, 5) is 6.87. The third-order valence-electron chi connectivity index (χ3n) is 11.8. The first-order chi connectivity index (χ1) is 28.2. The van der Waals surface area contributed by atoms with Crippen molar-refractivity contribution in [1.82, 2.24) is 9.55 Å². The standard InChI is InChI=1S/C53H35N3O/c1-2-12-43(13-3-1)56-50-24-23-46(32-48(50)47-30-37-8-4-5-9-38(37)31-51(47)56)55(44-20-17-34(18-21-44)53-33-49-52(57-53)14-7-25-54-49)45-22-19-39-26-40(15-16-41(39)29-45)42-27-35-10-6-11-36(35)28-42/h1-10,12-26,28-33H,11,27H2. The summed E-state index contributed by atoms with van der Waals surface area (Å²) >= 11 is 0. The molecule has 7 aromatic carbocycles. The van der Waals surface area contributed by atoms with Gasteiger partial charge < -0.3 is 13.9 Å². The van der Waals surface area contributed by atoms with E-state index in [-0.39, 0.29) is 0 Å². The molecule has 12 rings (SSSR count). The first-order valence-electron chi connectivity index (χ1n) is 19.6. The summed E-state index contributed by atoms with van der Waals surface area (Å²) in [5.41, 5.74) is 15.1. The highest BCUT2D eigenvalue weighted by molar-refractivity contribution is 6.14. The van der Waals surface area contributed by atoms with Crippen molar-refractivity contribution in [2.45, 2.75) is 12.8 Å². The van der Waals surface area contributed by atoms with Crippen LogP contribution in [0.3, 0.4) is 0 Å². The molecule has 3 aromatic heterocycles. The second-order valence-corrected chi connectivity index (χ2v) is 15.2. The minimum absolute atomic E-state index is 0.787. The number of hydrogen-bond donors (Lipinski definition) is 0. The predicted octanol–water partition coefficient (Wildman–Crippen LogP) is 14.4. The Morgan fingerprint density at radius 2 is 1.26 bits per heavy atom. The summed E-state index contributed by atoms with van der Waals surface area (Å²) in [5, 5.41) is 7.34. The van der Waals surface area contributed by atoms with Gasteiger partial charge in [-0.05, 0) is 154 Å². The molecule has 10 aromatic rings. The van der Waals surface area contributed by atoms with E-state index in [9.17, 15) is 0 Å². The summed E-state index contributed by atoms with van der Waals surface area (Å²) in [7, 11) is 0. The van der Waals surface area contributed by atoms with Crippen LogP contribution in [0.15, 0.2) is 204 Å². The number of pyridine rings is 1. The van der Waals surface area contributed by atoms with E-state index in [0.717, 1.165) is 58.0 Å². The molecule has 2 aliphatic rings. The van der Waals surface area contributed by atoms with Crippen molar-refractivity contribution in [3.8, 4) is 17.0 Å². The quantitative estimate of drug-likeness (QED) is 0.171. The largest absolute Gasteiger partial charge is 0.454 e. The van der Waals surface area contributed by atoms with Crippen molar-refractivity contribution in [3.05, 3.63) is 205 Å². The van der Waals surface area contributed by atoms with E-state index in [1.165, 1.54) is 65.6 Å². The molecule has 3 heterocycles. The average Bonchev–Trinajstić information content (AvgIpc) is 4.06. The molecule has 0 radical (unpaired) electrons. The Bertz CT molecular complexity index is 3310. The summed E-state index contributed by atoms with van der Waals surface area (Å²) in [5.74, 6) is 0.805. The van der Waals surface area contributed by atoms with Crippen molar-refractivity contribution in [3.63, 3.8) is 0 Å². The van der Waals surface area contributed by atoms with E-state index in [0.29, 0.717) is 0 Å². The Hall–Kier alpha value is -7.43.